The zero-order valence-electron chi connectivity index (χ0n) is 9.35. The quantitative estimate of drug-likeness (QED) is 0.623. The normalized spacial score (nSPS) is 15.4. The van der Waals surface area contributed by atoms with Crippen molar-refractivity contribution in [3.63, 3.8) is 0 Å². The summed E-state index contributed by atoms with van der Waals surface area (Å²) < 4.78 is 10.9. The molecular weight excluding hydrogens is 216 g/mol. The highest BCUT2D eigenvalue weighted by Gasteiger charge is 2.19. The summed E-state index contributed by atoms with van der Waals surface area (Å²) >= 11 is 0. The van der Waals surface area contributed by atoms with Gasteiger partial charge in [-0.25, -0.2) is 5.43 Å². The van der Waals surface area contributed by atoms with Crippen molar-refractivity contribution in [3.8, 4) is 5.75 Å². The van der Waals surface area contributed by atoms with Crippen molar-refractivity contribution in [3.05, 3.63) is 53.5 Å². The number of ether oxygens (including phenoxy) is 1. The Morgan fingerprint density at radius 1 is 1.29 bits per heavy atom. The molecule has 0 saturated carbocycles. The van der Waals surface area contributed by atoms with Gasteiger partial charge in [0, 0.05) is 6.42 Å². The average Bonchev–Trinajstić information content (AvgIpc) is 2.99. The van der Waals surface area contributed by atoms with Crippen molar-refractivity contribution in [2.45, 2.75) is 12.5 Å². The Morgan fingerprint density at radius 2 is 2.24 bits per heavy atom. The largest absolute Gasteiger partial charge is 0.493 e. The van der Waals surface area contributed by atoms with Gasteiger partial charge in [-0.05, 0) is 35.4 Å². The van der Waals surface area contributed by atoms with Crippen molar-refractivity contribution in [2.75, 3.05) is 6.61 Å². The van der Waals surface area contributed by atoms with Crippen LogP contribution in [-0.2, 0) is 6.42 Å². The molecule has 0 radical (unpaired) electrons. The molecule has 0 aliphatic carbocycles. The zero-order valence-corrected chi connectivity index (χ0v) is 9.35. The van der Waals surface area contributed by atoms with Crippen LogP contribution < -0.4 is 16.0 Å². The van der Waals surface area contributed by atoms with Gasteiger partial charge in [0.15, 0.2) is 0 Å². The van der Waals surface area contributed by atoms with Crippen LogP contribution in [0, 0.1) is 0 Å². The molecule has 4 nitrogen and oxygen atoms in total. The number of rotatable bonds is 3. The Bertz CT molecular complexity index is 508. The lowest BCUT2D eigenvalue weighted by molar-refractivity contribution is 0.356. The number of hydrogen-bond acceptors (Lipinski definition) is 4. The molecule has 2 aromatic rings. The molecule has 1 aromatic heterocycles. The van der Waals surface area contributed by atoms with Gasteiger partial charge in [-0.2, -0.15) is 0 Å². The lowest BCUT2D eigenvalue weighted by atomic mass is 10.0. The van der Waals surface area contributed by atoms with E-state index in [0.29, 0.717) is 0 Å². The molecule has 3 rings (SSSR count). The summed E-state index contributed by atoms with van der Waals surface area (Å²) in [5, 5.41) is 0. The van der Waals surface area contributed by atoms with E-state index in [2.05, 4.69) is 11.5 Å². The molecule has 1 unspecified atom stereocenters. The van der Waals surface area contributed by atoms with Crippen LogP contribution in [-0.4, -0.2) is 6.61 Å². The van der Waals surface area contributed by atoms with Crippen LogP contribution in [0.4, 0.5) is 0 Å². The Labute approximate surface area is 99.3 Å². The van der Waals surface area contributed by atoms with Gasteiger partial charge in [0.25, 0.3) is 0 Å². The minimum atomic E-state index is -0.115. The molecule has 88 valence electrons. The SMILES string of the molecule is NNC(c1ccc2c(c1)CCO2)c1ccco1. The van der Waals surface area contributed by atoms with Crippen LogP contribution in [0.3, 0.4) is 0 Å². The summed E-state index contributed by atoms with van der Waals surface area (Å²) in [4.78, 5) is 0. The van der Waals surface area contributed by atoms with Crippen molar-refractivity contribution in [1.29, 1.82) is 0 Å². The van der Waals surface area contributed by atoms with E-state index in [4.69, 9.17) is 15.0 Å². The van der Waals surface area contributed by atoms with E-state index in [9.17, 15) is 0 Å². The monoisotopic (exact) mass is 230 g/mol. The number of benzene rings is 1. The lowest BCUT2D eigenvalue weighted by Crippen LogP contribution is -2.28. The van der Waals surface area contributed by atoms with Crippen LogP contribution in [0.25, 0.3) is 0 Å². The molecular formula is C13H14N2O2. The summed E-state index contributed by atoms with van der Waals surface area (Å²) in [6.45, 7) is 0.764. The standard InChI is InChI=1S/C13H14N2O2/c14-15-13(12-2-1-6-16-12)10-3-4-11-9(8-10)5-7-17-11/h1-4,6,8,13,15H,5,7,14H2. The molecule has 0 spiro atoms. The Morgan fingerprint density at radius 3 is 3.00 bits per heavy atom. The Hall–Kier alpha value is -1.78. The van der Waals surface area contributed by atoms with Gasteiger partial charge in [0.05, 0.1) is 12.9 Å². The summed E-state index contributed by atoms with van der Waals surface area (Å²) in [7, 11) is 0. The second kappa shape index (κ2) is 4.24. The van der Waals surface area contributed by atoms with Crippen LogP contribution in [0.2, 0.25) is 0 Å². The van der Waals surface area contributed by atoms with Gasteiger partial charge in [-0.15, -0.1) is 0 Å². The second-order valence-electron chi connectivity index (χ2n) is 4.08. The second-order valence-corrected chi connectivity index (χ2v) is 4.08. The zero-order chi connectivity index (χ0) is 11.7. The van der Waals surface area contributed by atoms with Gasteiger partial charge in [0.2, 0.25) is 0 Å². The molecule has 0 saturated heterocycles. The fourth-order valence-electron chi connectivity index (χ4n) is 2.18. The van der Waals surface area contributed by atoms with Crippen LogP contribution in [0.5, 0.6) is 5.75 Å². The molecule has 1 aromatic carbocycles. The van der Waals surface area contributed by atoms with E-state index in [1.165, 1.54) is 5.56 Å². The third-order valence-corrected chi connectivity index (χ3v) is 3.04. The molecule has 1 atom stereocenters. The van der Waals surface area contributed by atoms with E-state index in [1.54, 1.807) is 6.26 Å². The number of hydrazine groups is 1. The van der Waals surface area contributed by atoms with Crippen molar-refractivity contribution in [2.24, 2.45) is 5.84 Å². The first-order valence-corrected chi connectivity index (χ1v) is 5.63. The van der Waals surface area contributed by atoms with Crippen LogP contribution >= 0.6 is 0 Å². The van der Waals surface area contributed by atoms with Crippen molar-refractivity contribution < 1.29 is 9.15 Å². The first-order chi connectivity index (χ1) is 8.38. The summed E-state index contributed by atoms with van der Waals surface area (Å²) in [6.07, 6.45) is 2.61. The highest BCUT2D eigenvalue weighted by molar-refractivity contribution is 5.42. The number of furan rings is 1. The van der Waals surface area contributed by atoms with E-state index in [0.717, 1.165) is 30.1 Å². The number of nitrogens with two attached hydrogens (primary N) is 1. The van der Waals surface area contributed by atoms with E-state index < -0.39 is 0 Å². The van der Waals surface area contributed by atoms with Gasteiger partial charge in [-0.1, -0.05) is 6.07 Å². The van der Waals surface area contributed by atoms with Gasteiger partial charge >= 0.3 is 0 Å². The van der Waals surface area contributed by atoms with Crippen LogP contribution in [0.1, 0.15) is 22.9 Å². The maximum Gasteiger partial charge on any atom is 0.126 e. The molecule has 0 fully saturated rings. The van der Waals surface area contributed by atoms with Gasteiger partial charge in [-0.3, -0.25) is 5.84 Å². The van der Waals surface area contributed by atoms with E-state index in [-0.39, 0.29) is 6.04 Å². The third kappa shape index (κ3) is 1.81. The van der Waals surface area contributed by atoms with Crippen molar-refractivity contribution >= 4 is 0 Å². The molecule has 0 bridgehead atoms. The van der Waals surface area contributed by atoms with Gasteiger partial charge < -0.3 is 9.15 Å². The summed E-state index contributed by atoms with van der Waals surface area (Å²) in [6, 6.07) is 9.78. The lowest BCUT2D eigenvalue weighted by Gasteiger charge is -2.14. The van der Waals surface area contributed by atoms with Gasteiger partial charge in [0.1, 0.15) is 17.6 Å². The highest BCUT2D eigenvalue weighted by Crippen LogP contribution is 2.30. The van der Waals surface area contributed by atoms with Crippen LogP contribution in [0.15, 0.2) is 41.0 Å². The summed E-state index contributed by atoms with van der Waals surface area (Å²) in [5.74, 6) is 7.39. The predicted molar refractivity (Wildman–Crippen MR) is 63.5 cm³/mol. The number of hydrogen-bond donors (Lipinski definition) is 2. The number of nitrogens with one attached hydrogen (secondary N) is 1. The van der Waals surface area contributed by atoms with E-state index in [1.807, 2.05) is 24.3 Å². The Kier molecular flexibility index (Phi) is 2.59. The smallest absolute Gasteiger partial charge is 0.126 e. The fourth-order valence-corrected chi connectivity index (χ4v) is 2.18. The molecule has 17 heavy (non-hydrogen) atoms. The molecule has 1 aliphatic heterocycles. The molecule has 0 amide bonds. The molecule has 4 heteroatoms. The minimum Gasteiger partial charge on any atom is -0.493 e. The van der Waals surface area contributed by atoms with E-state index >= 15 is 0 Å². The minimum absolute atomic E-state index is 0.115. The maximum absolute atomic E-state index is 5.60. The average molecular weight is 230 g/mol. The molecule has 3 N–H and O–H groups in total. The molecule has 2 heterocycles. The maximum atomic E-state index is 5.60. The molecule has 1 aliphatic rings. The topological polar surface area (TPSA) is 60.4 Å². The predicted octanol–water partition coefficient (Wildman–Crippen LogP) is 1.77. The van der Waals surface area contributed by atoms with Crippen molar-refractivity contribution in [1.82, 2.24) is 5.43 Å². The first kappa shape index (κ1) is 10.4. The fraction of sp³-hybridized carbons (Fsp3) is 0.231. The third-order valence-electron chi connectivity index (χ3n) is 3.04. The number of fused-ring (bicyclic) bond motifs is 1. The highest BCUT2D eigenvalue weighted by atomic mass is 16.5. The Balaban J connectivity index is 1.97. The summed E-state index contributed by atoms with van der Waals surface area (Å²) in [5.41, 5.74) is 5.10. The first-order valence-electron chi connectivity index (χ1n) is 5.63.